The summed E-state index contributed by atoms with van der Waals surface area (Å²) in [7, 11) is 0. The Bertz CT molecular complexity index is 406. The average Bonchev–Trinajstić information content (AvgIpc) is 2.79. The van der Waals surface area contributed by atoms with Gasteiger partial charge < -0.3 is 15.3 Å². The Balaban J connectivity index is 2.54. The van der Waals surface area contributed by atoms with Crippen LogP contribution in [0, 0.1) is 0 Å². The van der Waals surface area contributed by atoms with Gasteiger partial charge >= 0.3 is 0 Å². The summed E-state index contributed by atoms with van der Waals surface area (Å²) in [4.78, 5) is 25.7. The molecular formula is C13H20N2O3S. The van der Waals surface area contributed by atoms with Gasteiger partial charge in [-0.05, 0) is 18.4 Å². The van der Waals surface area contributed by atoms with Crippen molar-refractivity contribution >= 4 is 23.2 Å². The van der Waals surface area contributed by atoms with Crippen molar-refractivity contribution in [3.05, 3.63) is 22.4 Å². The smallest absolute Gasteiger partial charge is 0.225 e. The molecule has 2 amide bonds. The topological polar surface area (TPSA) is 69.6 Å². The fraction of sp³-hybridized carbons (Fsp3) is 0.538. The molecule has 5 nitrogen and oxygen atoms in total. The van der Waals surface area contributed by atoms with Crippen LogP contribution in [0.3, 0.4) is 0 Å². The molecule has 106 valence electrons. The summed E-state index contributed by atoms with van der Waals surface area (Å²) in [6, 6.07) is 3.69. The first kappa shape index (κ1) is 15.7. The Labute approximate surface area is 117 Å². The molecule has 19 heavy (non-hydrogen) atoms. The molecule has 0 unspecified atom stereocenters. The predicted molar refractivity (Wildman–Crippen MR) is 74.7 cm³/mol. The second kappa shape index (κ2) is 7.91. The van der Waals surface area contributed by atoms with E-state index >= 15 is 0 Å². The molecule has 0 radical (unpaired) electrons. The van der Waals surface area contributed by atoms with E-state index in [1.54, 1.807) is 23.2 Å². The minimum Gasteiger partial charge on any atom is -0.395 e. The minimum absolute atomic E-state index is 0.0639. The molecule has 1 heterocycles. The molecule has 0 aliphatic carbocycles. The molecule has 1 rings (SSSR count). The molecule has 0 spiro atoms. The summed E-state index contributed by atoms with van der Waals surface area (Å²) in [5, 5.41) is 13.7. The Morgan fingerprint density at radius 3 is 2.79 bits per heavy atom. The lowest BCUT2D eigenvalue weighted by molar-refractivity contribution is -0.133. The second-order valence-electron chi connectivity index (χ2n) is 4.42. The second-order valence-corrected chi connectivity index (χ2v) is 5.46. The van der Waals surface area contributed by atoms with Gasteiger partial charge in [0.25, 0.3) is 0 Å². The van der Waals surface area contributed by atoms with Gasteiger partial charge in [0.2, 0.25) is 11.8 Å². The van der Waals surface area contributed by atoms with Crippen molar-refractivity contribution in [3.8, 4) is 0 Å². The summed E-state index contributed by atoms with van der Waals surface area (Å²) < 4.78 is 0. The molecule has 0 saturated heterocycles. The van der Waals surface area contributed by atoms with Crippen LogP contribution in [0.5, 0.6) is 0 Å². The molecule has 2 N–H and O–H groups in total. The standard InChI is InChI=1S/C13H20N2O3S/c1-10(14-11(2)17)8-13(18)15(5-6-16)9-12-4-3-7-19-12/h3-4,7,10,16H,5-6,8-9H2,1-2H3,(H,14,17)/t10-/m0/s1. The number of thiophene rings is 1. The van der Waals surface area contributed by atoms with E-state index in [2.05, 4.69) is 5.32 Å². The van der Waals surface area contributed by atoms with Gasteiger partial charge in [0.1, 0.15) is 0 Å². The quantitative estimate of drug-likeness (QED) is 0.784. The lowest BCUT2D eigenvalue weighted by atomic mass is 10.2. The lowest BCUT2D eigenvalue weighted by Gasteiger charge is -2.23. The zero-order chi connectivity index (χ0) is 14.3. The van der Waals surface area contributed by atoms with E-state index in [1.807, 2.05) is 17.5 Å². The van der Waals surface area contributed by atoms with E-state index in [0.717, 1.165) is 4.88 Å². The molecule has 0 aromatic carbocycles. The number of nitrogens with one attached hydrogen (secondary N) is 1. The molecule has 0 fully saturated rings. The van der Waals surface area contributed by atoms with Crippen LogP contribution >= 0.6 is 11.3 Å². The van der Waals surface area contributed by atoms with Crippen molar-refractivity contribution in [3.63, 3.8) is 0 Å². The van der Waals surface area contributed by atoms with Crippen LogP contribution in [0.4, 0.5) is 0 Å². The average molecular weight is 284 g/mol. The number of amides is 2. The Morgan fingerprint density at radius 2 is 2.26 bits per heavy atom. The van der Waals surface area contributed by atoms with Crippen molar-refractivity contribution in [2.24, 2.45) is 0 Å². The maximum absolute atomic E-state index is 12.1. The van der Waals surface area contributed by atoms with Gasteiger partial charge in [-0.3, -0.25) is 9.59 Å². The number of hydrogen-bond donors (Lipinski definition) is 2. The third-order valence-corrected chi connectivity index (χ3v) is 3.44. The molecule has 1 atom stereocenters. The van der Waals surface area contributed by atoms with Crippen LogP contribution in [-0.4, -0.2) is 41.0 Å². The van der Waals surface area contributed by atoms with Gasteiger partial charge in [-0.2, -0.15) is 0 Å². The number of carbonyl (C=O) groups is 2. The van der Waals surface area contributed by atoms with E-state index in [4.69, 9.17) is 5.11 Å². The molecule has 1 aromatic rings. The molecule has 0 saturated carbocycles. The SMILES string of the molecule is CC(=O)N[C@@H](C)CC(=O)N(CCO)Cc1cccs1. The largest absolute Gasteiger partial charge is 0.395 e. The molecule has 0 bridgehead atoms. The van der Waals surface area contributed by atoms with Gasteiger partial charge in [0.15, 0.2) is 0 Å². The number of rotatable bonds is 7. The van der Waals surface area contributed by atoms with Crippen molar-refractivity contribution in [1.82, 2.24) is 10.2 Å². The zero-order valence-corrected chi connectivity index (χ0v) is 12.1. The van der Waals surface area contributed by atoms with E-state index < -0.39 is 0 Å². The summed E-state index contributed by atoms with van der Waals surface area (Å²) in [5.74, 6) is -0.212. The van der Waals surface area contributed by atoms with Crippen molar-refractivity contribution in [1.29, 1.82) is 0 Å². The summed E-state index contributed by atoms with van der Waals surface area (Å²) in [6.45, 7) is 3.97. The monoisotopic (exact) mass is 284 g/mol. The van der Waals surface area contributed by atoms with Gasteiger partial charge in [-0.25, -0.2) is 0 Å². The van der Waals surface area contributed by atoms with Crippen molar-refractivity contribution in [2.45, 2.75) is 32.9 Å². The van der Waals surface area contributed by atoms with Gasteiger partial charge in [-0.1, -0.05) is 6.07 Å². The number of aliphatic hydroxyl groups excluding tert-OH is 1. The van der Waals surface area contributed by atoms with Crippen LogP contribution in [0.2, 0.25) is 0 Å². The van der Waals surface area contributed by atoms with Crippen LogP contribution in [-0.2, 0) is 16.1 Å². The van der Waals surface area contributed by atoms with Crippen molar-refractivity contribution < 1.29 is 14.7 Å². The third kappa shape index (κ3) is 5.85. The minimum atomic E-state index is -0.200. The number of hydrogen-bond acceptors (Lipinski definition) is 4. The predicted octanol–water partition coefficient (Wildman–Crippen LogP) is 0.984. The van der Waals surface area contributed by atoms with Gasteiger partial charge in [-0.15, -0.1) is 11.3 Å². The fourth-order valence-electron chi connectivity index (χ4n) is 1.79. The Hall–Kier alpha value is -1.40. The van der Waals surface area contributed by atoms with Crippen LogP contribution in [0.1, 0.15) is 25.1 Å². The summed E-state index contributed by atoms with van der Waals surface area (Å²) in [5.41, 5.74) is 0. The molecule has 0 aliphatic heterocycles. The first-order chi connectivity index (χ1) is 9.02. The summed E-state index contributed by atoms with van der Waals surface area (Å²) >= 11 is 1.58. The highest BCUT2D eigenvalue weighted by molar-refractivity contribution is 7.09. The third-order valence-electron chi connectivity index (χ3n) is 2.58. The molecule has 6 heteroatoms. The first-order valence-electron chi connectivity index (χ1n) is 6.21. The van der Waals surface area contributed by atoms with Crippen molar-refractivity contribution in [2.75, 3.05) is 13.2 Å². The highest BCUT2D eigenvalue weighted by Crippen LogP contribution is 2.13. The zero-order valence-electron chi connectivity index (χ0n) is 11.3. The highest BCUT2D eigenvalue weighted by atomic mass is 32.1. The Morgan fingerprint density at radius 1 is 1.53 bits per heavy atom. The van der Waals surface area contributed by atoms with Gasteiger partial charge in [0, 0.05) is 30.8 Å². The molecular weight excluding hydrogens is 264 g/mol. The van der Waals surface area contributed by atoms with Crippen LogP contribution < -0.4 is 5.32 Å². The van der Waals surface area contributed by atoms with E-state index in [0.29, 0.717) is 13.1 Å². The van der Waals surface area contributed by atoms with E-state index in [1.165, 1.54) is 6.92 Å². The lowest BCUT2D eigenvalue weighted by Crippen LogP contribution is -2.39. The number of aliphatic hydroxyl groups is 1. The number of nitrogens with zero attached hydrogens (tertiary/aromatic N) is 1. The summed E-state index contributed by atoms with van der Waals surface area (Å²) in [6.07, 6.45) is 0.241. The molecule has 1 aromatic heterocycles. The van der Waals surface area contributed by atoms with Crippen LogP contribution in [0.25, 0.3) is 0 Å². The fourth-order valence-corrected chi connectivity index (χ4v) is 2.51. The number of carbonyl (C=O) groups excluding carboxylic acids is 2. The molecule has 0 aliphatic rings. The maximum atomic E-state index is 12.1. The van der Waals surface area contributed by atoms with Crippen LogP contribution in [0.15, 0.2) is 17.5 Å². The van der Waals surface area contributed by atoms with Gasteiger partial charge in [0.05, 0.1) is 13.2 Å². The van der Waals surface area contributed by atoms with E-state index in [9.17, 15) is 9.59 Å². The first-order valence-corrected chi connectivity index (χ1v) is 7.09. The highest BCUT2D eigenvalue weighted by Gasteiger charge is 2.17. The Kier molecular flexibility index (Phi) is 6.52. The maximum Gasteiger partial charge on any atom is 0.225 e. The normalized spacial score (nSPS) is 11.9. The van der Waals surface area contributed by atoms with E-state index in [-0.39, 0.29) is 30.9 Å².